The third-order valence-electron chi connectivity index (χ3n) is 4.74. The Bertz CT molecular complexity index is 986. The second kappa shape index (κ2) is 8.54. The van der Waals surface area contributed by atoms with E-state index in [2.05, 4.69) is 41.1 Å². The van der Waals surface area contributed by atoms with Crippen LogP contribution in [0.5, 0.6) is 0 Å². The van der Waals surface area contributed by atoms with Crippen LogP contribution in [-0.4, -0.2) is 34.1 Å². The van der Waals surface area contributed by atoms with Crippen LogP contribution in [0.4, 0.5) is 5.95 Å². The summed E-state index contributed by atoms with van der Waals surface area (Å²) in [5.74, 6) is 0.798. The molecule has 1 unspecified atom stereocenters. The molecule has 1 aliphatic heterocycles. The maximum Gasteiger partial charge on any atom is 0.205 e. The number of aromatic amines is 1. The van der Waals surface area contributed by atoms with E-state index >= 15 is 0 Å². The van der Waals surface area contributed by atoms with Gasteiger partial charge in [-0.25, -0.2) is 4.98 Å². The van der Waals surface area contributed by atoms with Gasteiger partial charge < -0.3 is 15.2 Å². The zero-order chi connectivity index (χ0) is 19.8. The Labute approximate surface area is 190 Å². The lowest BCUT2D eigenvalue weighted by atomic mass is 10.1. The highest BCUT2D eigenvalue weighted by molar-refractivity contribution is 9.10. The number of H-pyrrole nitrogens is 1. The molecule has 0 amide bonds. The molecule has 1 fully saturated rings. The van der Waals surface area contributed by atoms with E-state index in [-0.39, 0.29) is 0 Å². The number of halogens is 5. The first-order valence-corrected chi connectivity index (χ1v) is 11.0. The summed E-state index contributed by atoms with van der Waals surface area (Å²) >= 11 is 28.0. The van der Waals surface area contributed by atoms with Gasteiger partial charge >= 0.3 is 0 Å². The average Bonchev–Trinajstić information content (AvgIpc) is 3.07. The van der Waals surface area contributed by atoms with Crippen molar-refractivity contribution in [2.24, 2.45) is 0 Å². The fourth-order valence-electron chi connectivity index (χ4n) is 3.36. The molecule has 5 nitrogen and oxygen atoms in total. The number of imidazole rings is 1. The summed E-state index contributed by atoms with van der Waals surface area (Å²) in [7, 11) is 0. The number of nitrogens with one attached hydrogen (secondary N) is 2. The Kier molecular flexibility index (Phi) is 6.26. The molecular formula is C18H16BrCl4N5. The van der Waals surface area contributed by atoms with Crippen molar-refractivity contribution in [2.45, 2.75) is 25.4 Å². The second-order valence-electron chi connectivity index (χ2n) is 6.72. The van der Waals surface area contributed by atoms with Gasteiger partial charge in [0.15, 0.2) is 5.65 Å². The molecule has 2 N–H and O–H groups in total. The lowest BCUT2D eigenvalue weighted by Crippen LogP contribution is -2.45. The summed E-state index contributed by atoms with van der Waals surface area (Å²) in [6, 6.07) is 5.68. The summed E-state index contributed by atoms with van der Waals surface area (Å²) in [5.41, 5.74) is 2.35. The van der Waals surface area contributed by atoms with Gasteiger partial charge in [0, 0.05) is 30.7 Å². The number of hydrogen-bond acceptors (Lipinski definition) is 4. The SMILES string of the molecule is Clc1cc(Cl)c(Cl)c(CNC2CCCN(c3nc4nc(Cl)c(Br)cc4[nH]3)C2)c1. The Balaban J connectivity index is 1.46. The molecule has 2 aromatic heterocycles. The van der Waals surface area contributed by atoms with Crippen molar-refractivity contribution >= 4 is 79.4 Å². The predicted molar refractivity (Wildman–Crippen MR) is 120 cm³/mol. The first-order chi connectivity index (χ1) is 13.4. The van der Waals surface area contributed by atoms with Crippen molar-refractivity contribution in [3.8, 4) is 0 Å². The van der Waals surface area contributed by atoms with Crippen LogP contribution >= 0.6 is 62.3 Å². The molecule has 10 heteroatoms. The maximum atomic E-state index is 6.30. The van der Waals surface area contributed by atoms with E-state index in [9.17, 15) is 0 Å². The Hall–Kier alpha value is -0.760. The van der Waals surface area contributed by atoms with Crippen molar-refractivity contribution in [3.05, 3.63) is 48.5 Å². The summed E-state index contributed by atoms with van der Waals surface area (Å²) in [4.78, 5) is 14.5. The zero-order valence-corrected chi connectivity index (χ0v) is 19.2. The van der Waals surface area contributed by atoms with Crippen molar-refractivity contribution in [1.29, 1.82) is 0 Å². The Morgan fingerprint density at radius 2 is 2.00 bits per heavy atom. The van der Waals surface area contributed by atoms with Gasteiger partial charge in [-0.1, -0.05) is 46.4 Å². The van der Waals surface area contributed by atoms with Crippen LogP contribution in [0.25, 0.3) is 11.2 Å². The Morgan fingerprint density at radius 1 is 1.18 bits per heavy atom. The molecule has 0 saturated carbocycles. The fraction of sp³-hybridized carbons (Fsp3) is 0.333. The van der Waals surface area contributed by atoms with Crippen LogP contribution in [0.3, 0.4) is 0 Å². The van der Waals surface area contributed by atoms with E-state index in [1.54, 1.807) is 6.07 Å². The van der Waals surface area contributed by atoms with E-state index in [0.29, 0.717) is 38.5 Å². The fourth-order valence-corrected chi connectivity index (χ4v) is 4.53. The number of nitrogens with zero attached hydrogens (tertiary/aromatic N) is 3. The first kappa shape index (κ1) is 20.5. The van der Waals surface area contributed by atoms with Gasteiger partial charge in [-0.05, 0) is 52.5 Å². The van der Waals surface area contributed by atoms with E-state index in [1.807, 2.05) is 12.1 Å². The maximum absolute atomic E-state index is 6.30. The number of pyridine rings is 1. The van der Waals surface area contributed by atoms with Gasteiger partial charge in [0.05, 0.1) is 20.0 Å². The van der Waals surface area contributed by atoms with E-state index in [0.717, 1.165) is 47.4 Å². The highest BCUT2D eigenvalue weighted by Gasteiger charge is 2.23. The van der Waals surface area contributed by atoms with Gasteiger partial charge in [0.25, 0.3) is 0 Å². The molecule has 28 heavy (non-hydrogen) atoms. The van der Waals surface area contributed by atoms with Gasteiger partial charge in [0.1, 0.15) is 5.15 Å². The third-order valence-corrected chi connectivity index (χ3v) is 6.92. The van der Waals surface area contributed by atoms with Gasteiger partial charge in [0.2, 0.25) is 5.95 Å². The smallest absolute Gasteiger partial charge is 0.205 e. The molecule has 0 bridgehead atoms. The third kappa shape index (κ3) is 4.37. The highest BCUT2D eigenvalue weighted by atomic mass is 79.9. The molecule has 0 aliphatic carbocycles. The van der Waals surface area contributed by atoms with Crippen molar-refractivity contribution in [1.82, 2.24) is 20.3 Å². The highest BCUT2D eigenvalue weighted by Crippen LogP contribution is 2.30. The summed E-state index contributed by atoms with van der Waals surface area (Å²) in [6.07, 6.45) is 2.12. The average molecular weight is 524 g/mol. The molecular weight excluding hydrogens is 508 g/mol. The molecule has 3 heterocycles. The van der Waals surface area contributed by atoms with E-state index < -0.39 is 0 Å². The van der Waals surface area contributed by atoms with Gasteiger partial charge in [-0.3, -0.25) is 0 Å². The van der Waals surface area contributed by atoms with Crippen molar-refractivity contribution < 1.29 is 0 Å². The predicted octanol–water partition coefficient (Wildman–Crippen LogP) is 6.09. The van der Waals surface area contributed by atoms with Crippen LogP contribution < -0.4 is 10.2 Å². The Morgan fingerprint density at radius 3 is 2.82 bits per heavy atom. The van der Waals surface area contributed by atoms with Crippen molar-refractivity contribution in [2.75, 3.05) is 18.0 Å². The standard InChI is InChI=1S/C18H16BrCl4N5/c19-12-6-14-17(26-16(12)23)27-18(25-14)28-3-1-2-11(8-28)24-7-9-4-10(20)5-13(21)15(9)22/h4-6,11,24H,1-3,7-8H2,(H,25,26,27). The molecule has 3 aromatic rings. The molecule has 0 spiro atoms. The minimum atomic E-state index is 0.291. The number of rotatable bonds is 4. The summed E-state index contributed by atoms with van der Waals surface area (Å²) in [5, 5.41) is 5.55. The van der Waals surface area contributed by atoms with Crippen LogP contribution in [0, 0.1) is 0 Å². The molecule has 0 radical (unpaired) electrons. The second-order valence-corrected chi connectivity index (χ2v) is 9.15. The lowest BCUT2D eigenvalue weighted by molar-refractivity contribution is 0.419. The summed E-state index contributed by atoms with van der Waals surface area (Å²) < 4.78 is 0.743. The molecule has 1 atom stereocenters. The monoisotopic (exact) mass is 521 g/mol. The topological polar surface area (TPSA) is 56.8 Å². The molecule has 1 aliphatic rings. The van der Waals surface area contributed by atoms with Crippen LogP contribution in [0.1, 0.15) is 18.4 Å². The lowest BCUT2D eigenvalue weighted by Gasteiger charge is -2.33. The van der Waals surface area contributed by atoms with Gasteiger partial charge in [-0.15, -0.1) is 0 Å². The number of anilines is 1. The molecule has 4 rings (SSSR count). The number of aromatic nitrogens is 3. The summed E-state index contributed by atoms with van der Waals surface area (Å²) in [6.45, 7) is 2.35. The van der Waals surface area contributed by atoms with E-state index in [1.165, 1.54) is 0 Å². The number of hydrogen-bond donors (Lipinski definition) is 2. The van der Waals surface area contributed by atoms with Crippen LogP contribution in [0.15, 0.2) is 22.7 Å². The van der Waals surface area contributed by atoms with Gasteiger partial charge in [-0.2, -0.15) is 4.98 Å². The largest absolute Gasteiger partial charge is 0.341 e. The molecule has 148 valence electrons. The van der Waals surface area contributed by atoms with Crippen LogP contribution in [-0.2, 0) is 6.54 Å². The molecule has 1 saturated heterocycles. The number of piperidine rings is 1. The minimum absolute atomic E-state index is 0.291. The number of fused-ring (bicyclic) bond motifs is 1. The first-order valence-electron chi connectivity index (χ1n) is 8.74. The quantitative estimate of drug-likeness (QED) is 0.321. The zero-order valence-electron chi connectivity index (χ0n) is 14.6. The normalized spacial score (nSPS) is 17.5. The minimum Gasteiger partial charge on any atom is -0.341 e. The van der Waals surface area contributed by atoms with Crippen LogP contribution in [0.2, 0.25) is 20.2 Å². The van der Waals surface area contributed by atoms with E-state index in [4.69, 9.17) is 46.4 Å². The number of benzene rings is 1. The molecule has 1 aromatic carbocycles. The van der Waals surface area contributed by atoms with Crippen molar-refractivity contribution in [3.63, 3.8) is 0 Å².